The predicted molar refractivity (Wildman–Crippen MR) is 73.8 cm³/mol. The molecule has 84 valence electrons. The zero-order valence-corrected chi connectivity index (χ0v) is 11.2. The van der Waals surface area contributed by atoms with Crippen LogP contribution in [-0.4, -0.2) is 4.98 Å². The predicted octanol–water partition coefficient (Wildman–Crippen LogP) is 4.85. The van der Waals surface area contributed by atoms with E-state index in [2.05, 4.69) is 33.0 Å². The van der Waals surface area contributed by atoms with Crippen LogP contribution in [0, 0.1) is 0 Å². The number of halogens is 1. The van der Waals surface area contributed by atoms with Crippen molar-refractivity contribution >= 4 is 38.0 Å². The Morgan fingerprint density at radius 2 is 1.88 bits per heavy atom. The second kappa shape index (κ2) is 4.47. The van der Waals surface area contributed by atoms with Crippen molar-refractivity contribution < 1.29 is 4.74 Å². The van der Waals surface area contributed by atoms with Gasteiger partial charge in [-0.2, -0.15) is 4.98 Å². The lowest BCUT2D eigenvalue weighted by molar-refractivity contribution is 0.483. The second-order valence-corrected chi connectivity index (χ2v) is 5.15. The largest absolute Gasteiger partial charge is 0.430 e. The summed E-state index contributed by atoms with van der Waals surface area (Å²) in [6, 6.07) is 14.2. The van der Waals surface area contributed by atoms with Crippen molar-refractivity contribution in [2.24, 2.45) is 0 Å². The zero-order valence-electron chi connectivity index (χ0n) is 8.76. The Labute approximate surface area is 111 Å². The van der Waals surface area contributed by atoms with Gasteiger partial charge >= 0.3 is 0 Å². The van der Waals surface area contributed by atoms with Gasteiger partial charge in [-0.1, -0.05) is 47.7 Å². The van der Waals surface area contributed by atoms with Crippen molar-refractivity contribution in [3.63, 3.8) is 0 Å². The molecule has 3 rings (SSSR count). The third kappa shape index (κ3) is 2.18. The Morgan fingerprint density at radius 1 is 1.06 bits per heavy atom. The summed E-state index contributed by atoms with van der Waals surface area (Å²) in [5, 5.41) is 4.82. The number of nitrogens with zero attached hydrogens (tertiary/aromatic N) is 1. The van der Waals surface area contributed by atoms with Crippen LogP contribution in [0.1, 0.15) is 0 Å². The minimum Gasteiger partial charge on any atom is -0.430 e. The van der Waals surface area contributed by atoms with Crippen LogP contribution >= 0.6 is 27.3 Å². The highest BCUT2D eigenvalue weighted by molar-refractivity contribution is 9.10. The summed E-state index contributed by atoms with van der Waals surface area (Å²) in [5.74, 6) is 0.838. The fourth-order valence-electron chi connectivity index (χ4n) is 1.66. The number of fused-ring (bicyclic) bond motifs is 1. The van der Waals surface area contributed by atoms with Crippen LogP contribution in [0.2, 0.25) is 0 Å². The normalized spacial score (nSPS) is 10.6. The third-order valence-corrected chi connectivity index (χ3v) is 3.83. The van der Waals surface area contributed by atoms with Crippen molar-refractivity contribution in [3.05, 3.63) is 52.4 Å². The highest BCUT2D eigenvalue weighted by Gasteiger charge is 2.05. The van der Waals surface area contributed by atoms with E-state index in [0.717, 1.165) is 15.7 Å². The van der Waals surface area contributed by atoms with E-state index >= 15 is 0 Å². The molecular weight excluding hydrogens is 298 g/mol. The van der Waals surface area contributed by atoms with Crippen molar-refractivity contribution in [2.45, 2.75) is 0 Å². The second-order valence-electron chi connectivity index (χ2n) is 3.52. The molecule has 0 aliphatic carbocycles. The van der Waals surface area contributed by atoms with Crippen LogP contribution in [0.25, 0.3) is 10.8 Å². The van der Waals surface area contributed by atoms with Gasteiger partial charge < -0.3 is 4.74 Å². The van der Waals surface area contributed by atoms with Gasteiger partial charge in [0.05, 0.1) is 0 Å². The van der Waals surface area contributed by atoms with E-state index in [-0.39, 0.29) is 0 Å². The van der Waals surface area contributed by atoms with Gasteiger partial charge in [-0.25, -0.2) is 0 Å². The van der Waals surface area contributed by atoms with E-state index in [1.54, 1.807) is 0 Å². The fraction of sp³-hybridized carbons (Fsp3) is 0. The minimum atomic E-state index is 0.647. The summed E-state index contributed by atoms with van der Waals surface area (Å²) < 4.78 is 6.59. The van der Waals surface area contributed by atoms with Crippen LogP contribution in [0.3, 0.4) is 0 Å². The standard InChI is InChI=1S/C13H8BrNOS/c14-12-8-17-13(15-12)16-11-7-3-5-9-4-1-2-6-10(9)11/h1-8H. The molecule has 0 bridgehead atoms. The molecule has 0 unspecified atom stereocenters. The third-order valence-electron chi connectivity index (χ3n) is 2.40. The molecule has 2 nitrogen and oxygen atoms in total. The molecule has 3 aromatic rings. The molecule has 1 heterocycles. The van der Waals surface area contributed by atoms with Crippen LogP contribution in [0.5, 0.6) is 10.9 Å². The molecule has 1 aromatic heterocycles. The van der Waals surface area contributed by atoms with Crippen LogP contribution in [0.15, 0.2) is 52.4 Å². The van der Waals surface area contributed by atoms with E-state index in [1.165, 1.54) is 16.7 Å². The van der Waals surface area contributed by atoms with E-state index in [0.29, 0.717) is 5.19 Å². The first-order valence-corrected chi connectivity index (χ1v) is 6.77. The van der Waals surface area contributed by atoms with Gasteiger partial charge in [0.15, 0.2) is 0 Å². The van der Waals surface area contributed by atoms with Gasteiger partial charge in [0.25, 0.3) is 5.19 Å². The summed E-state index contributed by atoms with van der Waals surface area (Å²) in [6.07, 6.45) is 0. The van der Waals surface area contributed by atoms with Crippen molar-refractivity contribution in [1.29, 1.82) is 0 Å². The number of rotatable bonds is 2. The molecule has 4 heteroatoms. The lowest BCUT2D eigenvalue weighted by atomic mass is 10.1. The van der Waals surface area contributed by atoms with E-state index in [4.69, 9.17) is 4.74 Å². The molecule has 0 aliphatic heterocycles. The first kappa shape index (κ1) is 10.7. The van der Waals surface area contributed by atoms with Crippen LogP contribution in [0.4, 0.5) is 0 Å². The Bertz CT molecular complexity index is 660. The summed E-state index contributed by atoms with van der Waals surface area (Å²) in [6.45, 7) is 0. The Hall–Kier alpha value is -1.39. The van der Waals surface area contributed by atoms with E-state index in [1.807, 2.05) is 35.7 Å². The lowest BCUT2D eigenvalue weighted by Crippen LogP contribution is -1.84. The molecule has 0 spiro atoms. The molecule has 0 fully saturated rings. The van der Waals surface area contributed by atoms with Gasteiger partial charge in [0, 0.05) is 10.8 Å². The van der Waals surface area contributed by atoms with Crippen molar-refractivity contribution in [2.75, 3.05) is 0 Å². The van der Waals surface area contributed by atoms with Gasteiger partial charge in [-0.3, -0.25) is 0 Å². The number of ether oxygens (including phenoxy) is 1. The molecule has 0 saturated carbocycles. The number of aromatic nitrogens is 1. The Balaban J connectivity index is 2.05. The molecule has 0 saturated heterocycles. The van der Waals surface area contributed by atoms with E-state index < -0.39 is 0 Å². The maximum Gasteiger partial charge on any atom is 0.279 e. The fourth-order valence-corrected chi connectivity index (χ4v) is 2.76. The Morgan fingerprint density at radius 3 is 2.71 bits per heavy atom. The molecule has 0 radical (unpaired) electrons. The maximum atomic E-state index is 5.79. The molecule has 2 aromatic carbocycles. The molecular formula is C13H8BrNOS. The summed E-state index contributed by atoms with van der Waals surface area (Å²) in [5.41, 5.74) is 0. The quantitative estimate of drug-likeness (QED) is 0.675. The summed E-state index contributed by atoms with van der Waals surface area (Å²) in [7, 11) is 0. The first-order chi connectivity index (χ1) is 8.33. The topological polar surface area (TPSA) is 22.1 Å². The van der Waals surface area contributed by atoms with Crippen molar-refractivity contribution in [3.8, 4) is 10.9 Å². The monoisotopic (exact) mass is 305 g/mol. The molecule has 0 N–H and O–H groups in total. The Kier molecular flexibility index (Phi) is 2.82. The summed E-state index contributed by atoms with van der Waals surface area (Å²) in [4.78, 5) is 4.23. The smallest absolute Gasteiger partial charge is 0.279 e. The molecule has 0 amide bonds. The zero-order chi connectivity index (χ0) is 11.7. The van der Waals surface area contributed by atoms with Crippen LogP contribution in [-0.2, 0) is 0 Å². The van der Waals surface area contributed by atoms with Gasteiger partial charge in [-0.15, -0.1) is 0 Å². The van der Waals surface area contributed by atoms with Gasteiger partial charge in [0.2, 0.25) is 0 Å². The highest BCUT2D eigenvalue weighted by atomic mass is 79.9. The highest BCUT2D eigenvalue weighted by Crippen LogP contribution is 2.32. The number of hydrogen-bond acceptors (Lipinski definition) is 3. The number of thiazole rings is 1. The maximum absolute atomic E-state index is 5.79. The van der Waals surface area contributed by atoms with Gasteiger partial charge in [-0.05, 0) is 27.4 Å². The van der Waals surface area contributed by atoms with Gasteiger partial charge in [0.1, 0.15) is 10.4 Å². The molecule has 17 heavy (non-hydrogen) atoms. The molecule has 0 atom stereocenters. The minimum absolute atomic E-state index is 0.647. The number of hydrogen-bond donors (Lipinski definition) is 0. The van der Waals surface area contributed by atoms with Crippen molar-refractivity contribution in [1.82, 2.24) is 4.98 Å². The number of benzene rings is 2. The SMILES string of the molecule is Brc1csc(Oc2cccc3ccccc23)n1. The average molecular weight is 306 g/mol. The molecule has 0 aliphatic rings. The lowest BCUT2D eigenvalue weighted by Gasteiger charge is -2.05. The van der Waals surface area contributed by atoms with Crippen LogP contribution < -0.4 is 4.74 Å². The summed E-state index contributed by atoms with van der Waals surface area (Å²) >= 11 is 4.79. The average Bonchev–Trinajstić information content (AvgIpc) is 2.75. The first-order valence-electron chi connectivity index (χ1n) is 5.09. The van der Waals surface area contributed by atoms with E-state index in [9.17, 15) is 0 Å².